The minimum absolute atomic E-state index is 0.306. The van der Waals surface area contributed by atoms with Gasteiger partial charge in [-0.25, -0.2) is 9.37 Å². The zero-order valence-electron chi connectivity index (χ0n) is 9.50. The summed E-state index contributed by atoms with van der Waals surface area (Å²) >= 11 is 0. The van der Waals surface area contributed by atoms with Crippen molar-refractivity contribution in [1.29, 1.82) is 0 Å². The molecular formula is C11H18FN3. The summed E-state index contributed by atoms with van der Waals surface area (Å²) < 4.78 is 12.5. The molecule has 1 N–H and O–H groups in total. The monoisotopic (exact) mass is 211 g/mol. The number of halogens is 1. The summed E-state index contributed by atoms with van der Waals surface area (Å²) in [6.07, 6.45) is 1.22. The number of nitrogens with one attached hydrogen (secondary N) is 1. The van der Waals surface area contributed by atoms with E-state index >= 15 is 0 Å². The summed E-state index contributed by atoms with van der Waals surface area (Å²) in [4.78, 5) is 6.15. The number of rotatable bonds is 5. The van der Waals surface area contributed by atoms with Crippen molar-refractivity contribution in [3.63, 3.8) is 0 Å². The average Bonchev–Trinajstić information content (AvgIpc) is 2.20. The molecular weight excluding hydrogens is 193 g/mol. The van der Waals surface area contributed by atoms with Gasteiger partial charge in [0.1, 0.15) is 11.6 Å². The van der Waals surface area contributed by atoms with E-state index in [1.165, 1.54) is 12.3 Å². The summed E-state index contributed by atoms with van der Waals surface area (Å²) in [5, 5.41) is 3.14. The maximum Gasteiger partial charge on any atom is 0.141 e. The summed E-state index contributed by atoms with van der Waals surface area (Å²) in [5.74, 6) is 0.411. The quantitative estimate of drug-likeness (QED) is 0.807. The lowest BCUT2D eigenvalue weighted by molar-refractivity contribution is 0.284. The van der Waals surface area contributed by atoms with Crippen molar-refractivity contribution in [2.45, 2.75) is 19.9 Å². The SMILES string of the molecule is CC(C)N(C)CCNc1ccc(F)cn1. The first-order valence-electron chi connectivity index (χ1n) is 5.15. The predicted octanol–water partition coefficient (Wildman–Crippen LogP) is 1.97. The summed E-state index contributed by atoms with van der Waals surface area (Å²) in [6, 6.07) is 3.58. The first-order chi connectivity index (χ1) is 7.09. The van der Waals surface area contributed by atoms with Gasteiger partial charge in [0, 0.05) is 19.1 Å². The molecule has 0 atom stereocenters. The van der Waals surface area contributed by atoms with Crippen LogP contribution in [0.1, 0.15) is 13.8 Å². The third kappa shape index (κ3) is 4.25. The highest BCUT2D eigenvalue weighted by atomic mass is 19.1. The molecule has 0 unspecified atom stereocenters. The van der Waals surface area contributed by atoms with Gasteiger partial charge in [-0.2, -0.15) is 0 Å². The van der Waals surface area contributed by atoms with Gasteiger partial charge in [0.15, 0.2) is 0 Å². The van der Waals surface area contributed by atoms with Gasteiger partial charge in [-0.15, -0.1) is 0 Å². The number of nitrogens with zero attached hydrogens (tertiary/aromatic N) is 2. The number of hydrogen-bond acceptors (Lipinski definition) is 3. The van der Waals surface area contributed by atoms with Gasteiger partial charge in [0.2, 0.25) is 0 Å². The van der Waals surface area contributed by atoms with Gasteiger partial charge in [-0.1, -0.05) is 0 Å². The van der Waals surface area contributed by atoms with Gasteiger partial charge < -0.3 is 10.2 Å². The Bertz CT molecular complexity index is 284. The van der Waals surface area contributed by atoms with Crippen LogP contribution in [0.4, 0.5) is 10.2 Å². The normalized spacial score (nSPS) is 11.1. The predicted molar refractivity (Wildman–Crippen MR) is 60.5 cm³/mol. The summed E-state index contributed by atoms with van der Waals surface area (Å²) in [6.45, 7) is 6.05. The lowest BCUT2D eigenvalue weighted by Crippen LogP contribution is -2.31. The van der Waals surface area contributed by atoms with Gasteiger partial charge >= 0.3 is 0 Å². The van der Waals surface area contributed by atoms with E-state index in [4.69, 9.17) is 0 Å². The van der Waals surface area contributed by atoms with Crippen LogP contribution in [0.25, 0.3) is 0 Å². The van der Waals surface area contributed by atoms with Crippen LogP contribution >= 0.6 is 0 Å². The number of pyridine rings is 1. The standard InChI is InChI=1S/C11H18FN3/c1-9(2)15(3)7-6-13-11-5-4-10(12)8-14-11/h4-5,8-9H,6-7H2,1-3H3,(H,13,14). The molecule has 0 radical (unpaired) electrons. The number of hydrogen-bond donors (Lipinski definition) is 1. The van der Waals surface area contributed by atoms with Crippen LogP contribution < -0.4 is 5.32 Å². The molecule has 0 amide bonds. The third-order valence-corrected chi connectivity index (χ3v) is 2.38. The van der Waals surface area contributed by atoms with Crippen molar-refractivity contribution in [3.05, 3.63) is 24.1 Å². The highest BCUT2D eigenvalue weighted by molar-refractivity contribution is 5.33. The fourth-order valence-corrected chi connectivity index (χ4v) is 1.10. The second kappa shape index (κ2) is 5.66. The molecule has 1 aromatic rings. The molecule has 1 rings (SSSR count). The Kier molecular flexibility index (Phi) is 4.49. The molecule has 0 aromatic carbocycles. The first kappa shape index (κ1) is 11.9. The van der Waals surface area contributed by atoms with Gasteiger partial charge in [0.05, 0.1) is 6.20 Å². The van der Waals surface area contributed by atoms with E-state index in [2.05, 4.69) is 36.1 Å². The van der Waals surface area contributed by atoms with Crippen LogP contribution in [0.5, 0.6) is 0 Å². The Balaban J connectivity index is 2.29. The van der Waals surface area contributed by atoms with Crippen molar-refractivity contribution in [3.8, 4) is 0 Å². The van der Waals surface area contributed by atoms with Crippen molar-refractivity contribution in [2.24, 2.45) is 0 Å². The Morgan fingerprint density at radius 2 is 2.20 bits per heavy atom. The summed E-state index contributed by atoms with van der Waals surface area (Å²) in [5.41, 5.74) is 0. The van der Waals surface area contributed by atoms with Crippen molar-refractivity contribution < 1.29 is 4.39 Å². The van der Waals surface area contributed by atoms with Crippen molar-refractivity contribution in [1.82, 2.24) is 9.88 Å². The fourth-order valence-electron chi connectivity index (χ4n) is 1.10. The van der Waals surface area contributed by atoms with E-state index in [1.54, 1.807) is 6.07 Å². The van der Waals surface area contributed by atoms with E-state index in [-0.39, 0.29) is 5.82 Å². The third-order valence-electron chi connectivity index (χ3n) is 2.38. The van der Waals surface area contributed by atoms with Crippen LogP contribution in [0.15, 0.2) is 18.3 Å². The molecule has 0 aliphatic carbocycles. The zero-order valence-corrected chi connectivity index (χ0v) is 9.50. The molecule has 0 spiro atoms. The molecule has 0 saturated carbocycles. The van der Waals surface area contributed by atoms with E-state index in [1.807, 2.05) is 0 Å². The van der Waals surface area contributed by atoms with E-state index in [0.29, 0.717) is 11.9 Å². The zero-order chi connectivity index (χ0) is 11.3. The van der Waals surface area contributed by atoms with Crippen LogP contribution in [0.3, 0.4) is 0 Å². The molecule has 0 aliphatic rings. The Morgan fingerprint density at radius 1 is 1.47 bits per heavy atom. The van der Waals surface area contributed by atoms with Gasteiger partial charge in [-0.05, 0) is 33.0 Å². The van der Waals surface area contributed by atoms with E-state index < -0.39 is 0 Å². The molecule has 1 heterocycles. The fraction of sp³-hybridized carbons (Fsp3) is 0.545. The molecule has 15 heavy (non-hydrogen) atoms. The molecule has 4 heteroatoms. The molecule has 0 bridgehead atoms. The van der Waals surface area contributed by atoms with Crippen LogP contribution in [0, 0.1) is 5.82 Å². The maximum absolute atomic E-state index is 12.5. The Morgan fingerprint density at radius 3 is 2.73 bits per heavy atom. The minimum Gasteiger partial charge on any atom is -0.369 e. The topological polar surface area (TPSA) is 28.2 Å². The molecule has 3 nitrogen and oxygen atoms in total. The average molecular weight is 211 g/mol. The smallest absolute Gasteiger partial charge is 0.141 e. The second-order valence-electron chi connectivity index (χ2n) is 3.86. The van der Waals surface area contributed by atoms with Crippen molar-refractivity contribution in [2.75, 3.05) is 25.5 Å². The largest absolute Gasteiger partial charge is 0.369 e. The maximum atomic E-state index is 12.5. The van der Waals surface area contributed by atoms with Crippen LogP contribution in [-0.2, 0) is 0 Å². The molecule has 1 aromatic heterocycles. The Labute approximate surface area is 90.3 Å². The van der Waals surface area contributed by atoms with Gasteiger partial charge in [-0.3, -0.25) is 0 Å². The molecule has 84 valence electrons. The molecule has 0 aliphatic heterocycles. The first-order valence-corrected chi connectivity index (χ1v) is 5.15. The highest BCUT2D eigenvalue weighted by Gasteiger charge is 2.02. The van der Waals surface area contributed by atoms with Crippen LogP contribution in [-0.4, -0.2) is 36.1 Å². The van der Waals surface area contributed by atoms with E-state index in [0.717, 1.165) is 13.1 Å². The van der Waals surface area contributed by atoms with Gasteiger partial charge in [0.25, 0.3) is 0 Å². The van der Waals surface area contributed by atoms with Crippen LogP contribution in [0.2, 0.25) is 0 Å². The lowest BCUT2D eigenvalue weighted by atomic mass is 10.3. The molecule has 0 saturated heterocycles. The van der Waals surface area contributed by atoms with Crippen molar-refractivity contribution >= 4 is 5.82 Å². The number of aromatic nitrogens is 1. The highest BCUT2D eigenvalue weighted by Crippen LogP contribution is 2.03. The molecule has 0 fully saturated rings. The number of anilines is 1. The van der Waals surface area contributed by atoms with E-state index in [9.17, 15) is 4.39 Å². The number of likely N-dealkylation sites (N-methyl/N-ethyl adjacent to an activating group) is 1. The summed E-state index contributed by atoms with van der Waals surface area (Å²) in [7, 11) is 2.07. The lowest BCUT2D eigenvalue weighted by Gasteiger charge is -2.20. The second-order valence-corrected chi connectivity index (χ2v) is 3.86. The minimum atomic E-state index is -0.306. The Hall–Kier alpha value is -1.16.